The van der Waals surface area contributed by atoms with Gasteiger partial charge in [-0.05, 0) is 48.9 Å². The summed E-state index contributed by atoms with van der Waals surface area (Å²) in [5, 5.41) is 9.83. The molecule has 0 aliphatic heterocycles. The molecule has 0 fully saturated rings. The van der Waals surface area contributed by atoms with Crippen molar-refractivity contribution in [2.75, 3.05) is 12.8 Å². The van der Waals surface area contributed by atoms with Gasteiger partial charge in [0.15, 0.2) is 11.0 Å². The third-order valence-electron chi connectivity index (χ3n) is 4.78. The van der Waals surface area contributed by atoms with Crippen LogP contribution in [0.25, 0.3) is 11.4 Å². The molecular formula is C22H22ClFN4OS. The van der Waals surface area contributed by atoms with Crippen molar-refractivity contribution < 1.29 is 9.18 Å². The highest BCUT2D eigenvalue weighted by Gasteiger charge is 2.20. The number of halogens is 2. The molecule has 5 nitrogen and oxygen atoms in total. The van der Waals surface area contributed by atoms with Gasteiger partial charge in [-0.15, -0.1) is 16.8 Å². The van der Waals surface area contributed by atoms with Crippen LogP contribution in [-0.2, 0) is 11.3 Å². The number of hydrogen-bond donors (Lipinski definition) is 0. The maximum Gasteiger partial charge on any atom is 0.233 e. The molecule has 0 saturated heterocycles. The van der Waals surface area contributed by atoms with Gasteiger partial charge >= 0.3 is 0 Å². The number of rotatable bonds is 8. The van der Waals surface area contributed by atoms with Crippen molar-refractivity contribution in [2.24, 2.45) is 0 Å². The quantitative estimate of drug-likeness (QED) is 0.352. The molecule has 0 N–H and O–H groups in total. The summed E-state index contributed by atoms with van der Waals surface area (Å²) in [5.41, 5.74) is 1.76. The van der Waals surface area contributed by atoms with Gasteiger partial charge in [-0.1, -0.05) is 41.6 Å². The van der Waals surface area contributed by atoms with E-state index in [-0.39, 0.29) is 23.5 Å². The first-order valence-electron chi connectivity index (χ1n) is 9.34. The first-order valence-corrected chi connectivity index (χ1v) is 10.7. The molecule has 30 heavy (non-hydrogen) atoms. The van der Waals surface area contributed by atoms with Gasteiger partial charge in [0, 0.05) is 24.2 Å². The zero-order chi connectivity index (χ0) is 21.7. The molecule has 3 aromatic rings. The smallest absolute Gasteiger partial charge is 0.233 e. The lowest BCUT2D eigenvalue weighted by Crippen LogP contribution is -2.31. The third kappa shape index (κ3) is 5.09. The van der Waals surface area contributed by atoms with Gasteiger partial charge in [-0.25, -0.2) is 4.39 Å². The number of carbonyl (C=O) groups is 1. The van der Waals surface area contributed by atoms with Crippen LogP contribution >= 0.6 is 23.4 Å². The molecule has 1 aromatic heterocycles. The van der Waals surface area contributed by atoms with Crippen LogP contribution in [0.5, 0.6) is 0 Å². The standard InChI is InChI=1S/C22H22ClFN4OS/c1-4-13-28-21(17-5-9-18(23)10-6-17)25-26-22(28)30-14-20(29)27(3)15(2)16-7-11-19(24)12-8-16/h4-12,15H,1,13-14H2,2-3H3. The highest BCUT2D eigenvalue weighted by Crippen LogP contribution is 2.26. The summed E-state index contributed by atoms with van der Waals surface area (Å²) in [6.07, 6.45) is 1.76. The zero-order valence-electron chi connectivity index (χ0n) is 16.8. The van der Waals surface area contributed by atoms with E-state index in [2.05, 4.69) is 16.8 Å². The molecule has 3 rings (SSSR count). The second kappa shape index (κ2) is 9.91. The Labute approximate surface area is 184 Å². The second-order valence-corrected chi connectivity index (χ2v) is 8.11. The number of aromatic nitrogens is 3. The van der Waals surface area contributed by atoms with E-state index in [0.29, 0.717) is 22.5 Å². The van der Waals surface area contributed by atoms with Gasteiger partial charge in [-0.3, -0.25) is 9.36 Å². The lowest BCUT2D eigenvalue weighted by molar-refractivity contribution is -0.128. The summed E-state index contributed by atoms with van der Waals surface area (Å²) in [5.74, 6) is 0.541. The molecule has 1 atom stereocenters. The van der Waals surface area contributed by atoms with Crippen molar-refractivity contribution in [1.29, 1.82) is 0 Å². The van der Waals surface area contributed by atoms with Gasteiger partial charge in [-0.2, -0.15) is 0 Å². The Bertz CT molecular complexity index is 1020. The van der Waals surface area contributed by atoms with Gasteiger partial charge < -0.3 is 4.90 Å². The molecule has 1 amide bonds. The predicted molar refractivity (Wildman–Crippen MR) is 119 cm³/mol. The van der Waals surface area contributed by atoms with E-state index >= 15 is 0 Å². The van der Waals surface area contributed by atoms with Crippen LogP contribution in [0.2, 0.25) is 5.02 Å². The van der Waals surface area contributed by atoms with E-state index in [1.54, 1.807) is 42.3 Å². The van der Waals surface area contributed by atoms with E-state index in [0.717, 1.165) is 11.1 Å². The van der Waals surface area contributed by atoms with Crippen molar-refractivity contribution in [3.63, 3.8) is 0 Å². The molecule has 156 valence electrons. The maximum atomic E-state index is 13.2. The number of thioether (sulfide) groups is 1. The number of amides is 1. The van der Waals surface area contributed by atoms with E-state index in [1.807, 2.05) is 23.6 Å². The minimum atomic E-state index is -0.298. The number of allylic oxidation sites excluding steroid dienone is 1. The van der Waals surface area contributed by atoms with E-state index in [4.69, 9.17) is 11.6 Å². The van der Waals surface area contributed by atoms with E-state index in [1.165, 1.54) is 23.9 Å². The summed E-state index contributed by atoms with van der Waals surface area (Å²) in [4.78, 5) is 14.4. The van der Waals surface area contributed by atoms with Crippen molar-refractivity contribution in [3.05, 3.63) is 77.6 Å². The number of carbonyl (C=O) groups excluding carboxylic acids is 1. The topological polar surface area (TPSA) is 51.0 Å². The molecule has 1 unspecified atom stereocenters. The van der Waals surface area contributed by atoms with Crippen LogP contribution in [0.3, 0.4) is 0 Å². The van der Waals surface area contributed by atoms with Crippen LogP contribution in [0.4, 0.5) is 4.39 Å². The molecule has 0 radical (unpaired) electrons. The van der Waals surface area contributed by atoms with E-state index < -0.39 is 0 Å². The minimum Gasteiger partial charge on any atom is -0.338 e. The van der Waals surface area contributed by atoms with Crippen LogP contribution in [0.15, 0.2) is 66.3 Å². The second-order valence-electron chi connectivity index (χ2n) is 6.73. The highest BCUT2D eigenvalue weighted by molar-refractivity contribution is 7.99. The molecule has 0 bridgehead atoms. The SMILES string of the molecule is C=CCn1c(SCC(=O)N(C)C(C)c2ccc(F)cc2)nnc1-c1ccc(Cl)cc1. The number of benzene rings is 2. The fraction of sp³-hybridized carbons (Fsp3) is 0.227. The predicted octanol–water partition coefficient (Wildman–Crippen LogP) is 5.24. The van der Waals surface area contributed by atoms with Gasteiger partial charge in [0.2, 0.25) is 5.91 Å². The molecule has 1 heterocycles. The average Bonchev–Trinajstić information content (AvgIpc) is 3.15. The Balaban J connectivity index is 1.71. The zero-order valence-corrected chi connectivity index (χ0v) is 18.3. The lowest BCUT2D eigenvalue weighted by Gasteiger charge is -2.25. The summed E-state index contributed by atoms with van der Waals surface area (Å²) in [6, 6.07) is 13.4. The maximum absolute atomic E-state index is 13.2. The normalized spacial score (nSPS) is 11.9. The van der Waals surface area contributed by atoms with Crippen LogP contribution in [0.1, 0.15) is 18.5 Å². The molecule has 2 aromatic carbocycles. The van der Waals surface area contributed by atoms with E-state index in [9.17, 15) is 9.18 Å². The Hall–Kier alpha value is -2.64. The molecular weight excluding hydrogens is 423 g/mol. The van der Waals surface area contributed by atoms with Crippen molar-refractivity contribution in [2.45, 2.75) is 24.7 Å². The monoisotopic (exact) mass is 444 g/mol. The lowest BCUT2D eigenvalue weighted by atomic mass is 10.1. The summed E-state index contributed by atoms with van der Waals surface area (Å²) in [7, 11) is 1.74. The van der Waals surface area contributed by atoms with Gasteiger partial charge in [0.1, 0.15) is 5.82 Å². The van der Waals surface area contributed by atoms with Crippen LogP contribution < -0.4 is 0 Å². The summed E-state index contributed by atoms with van der Waals surface area (Å²) >= 11 is 7.29. The Morgan fingerprint density at radius 2 is 1.90 bits per heavy atom. The molecule has 0 aliphatic rings. The van der Waals surface area contributed by atoms with Gasteiger partial charge in [0.25, 0.3) is 0 Å². The van der Waals surface area contributed by atoms with Crippen molar-refractivity contribution in [1.82, 2.24) is 19.7 Å². The Morgan fingerprint density at radius 3 is 2.53 bits per heavy atom. The van der Waals surface area contributed by atoms with Crippen LogP contribution in [0, 0.1) is 5.82 Å². The van der Waals surface area contributed by atoms with Crippen molar-refractivity contribution in [3.8, 4) is 11.4 Å². The first-order chi connectivity index (χ1) is 14.4. The van der Waals surface area contributed by atoms with Crippen molar-refractivity contribution >= 4 is 29.3 Å². The summed E-state index contributed by atoms with van der Waals surface area (Å²) in [6.45, 7) is 6.23. The Kier molecular flexibility index (Phi) is 7.29. The highest BCUT2D eigenvalue weighted by atomic mass is 35.5. The number of hydrogen-bond acceptors (Lipinski definition) is 4. The fourth-order valence-electron chi connectivity index (χ4n) is 2.91. The molecule has 8 heteroatoms. The number of nitrogens with zero attached hydrogens (tertiary/aromatic N) is 4. The largest absolute Gasteiger partial charge is 0.338 e. The molecule has 0 spiro atoms. The van der Waals surface area contributed by atoms with Crippen LogP contribution in [-0.4, -0.2) is 38.4 Å². The molecule has 0 aliphatic carbocycles. The fourth-order valence-corrected chi connectivity index (χ4v) is 3.91. The average molecular weight is 445 g/mol. The first kappa shape index (κ1) is 22.1. The third-order valence-corrected chi connectivity index (χ3v) is 5.99. The minimum absolute atomic E-state index is 0.0574. The molecule has 0 saturated carbocycles. The van der Waals surface area contributed by atoms with Gasteiger partial charge in [0.05, 0.1) is 11.8 Å². The summed E-state index contributed by atoms with van der Waals surface area (Å²) < 4.78 is 15.1. The Morgan fingerprint density at radius 1 is 1.23 bits per heavy atom.